The maximum atomic E-state index is 11.9. The lowest BCUT2D eigenvalue weighted by Crippen LogP contribution is -2.43. The average molecular weight is 291 g/mol. The summed E-state index contributed by atoms with van der Waals surface area (Å²) in [6.07, 6.45) is 8.26. The highest BCUT2D eigenvalue weighted by Crippen LogP contribution is 2.44. The molecule has 0 aromatic carbocycles. The molecule has 18 heavy (non-hydrogen) atoms. The summed E-state index contributed by atoms with van der Waals surface area (Å²) < 4.78 is 0. The second kappa shape index (κ2) is 6.49. The smallest absolute Gasteiger partial charge is 0.238 e. The van der Waals surface area contributed by atoms with Gasteiger partial charge in [-0.3, -0.25) is 10.1 Å². The first-order valence-corrected chi connectivity index (χ1v) is 8.11. The molecular weight excluding hydrogens is 268 g/mol. The van der Waals surface area contributed by atoms with Crippen molar-refractivity contribution in [2.75, 3.05) is 11.6 Å². The fraction of sp³-hybridized carbons (Fsp3) is 0.923. The molecule has 3 fully saturated rings. The van der Waals surface area contributed by atoms with E-state index in [1.165, 1.54) is 38.5 Å². The number of carbonyl (C=O) groups is 1. The zero-order valence-corrected chi connectivity index (χ0v) is 12.3. The molecule has 0 bridgehead atoms. The van der Waals surface area contributed by atoms with Gasteiger partial charge in [0.05, 0.1) is 6.04 Å². The van der Waals surface area contributed by atoms with E-state index in [1.807, 2.05) is 11.8 Å². The topological polar surface area (TPSA) is 41.1 Å². The van der Waals surface area contributed by atoms with Crippen molar-refractivity contribution in [1.82, 2.24) is 10.6 Å². The standard InChI is InChI=1S/C13H22N2OS.ClH/c16-13(12-7-17-8-14-12)15-11-6-10(11)9-4-2-1-3-5-9;/h9-12,14H,1-8H2,(H,15,16);1H. The van der Waals surface area contributed by atoms with E-state index in [2.05, 4.69) is 10.6 Å². The van der Waals surface area contributed by atoms with E-state index in [4.69, 9.17) is 0 Å². The Morgan fingerprint density at radius 1 is 1.22 bits per heavy atom. The number of thioether (sulfide) groups is 1. The van der Waals surface area contributed by atoms with Crippen LogP contribution in [0.1, 0.15) is 38.5 Å². The molecule has 3 unspecified atom stereocenters. The molecule has 3 nitrogen and oxygen atoms in total. The molecule has 0 spiro atoms. The third-order valence-electron chi connectivity index (χ3n) is 4.46. The predicted octanol–water partition coefficient (Wildman–Crippen LogP) is 2.16. The highest BCUT2D eigenvalue weighted by Gasteiger charge is 2.44. The van der Waals surface area contributed by atoms with Gasteiger partial charge in [-0.25, -0.2) is 0 Å². The molecule has 2 N–H and O–H groups in total. The largest absolute Gasteiger partial charge is 0.352 e. The Morgan fingerprint density at radius 2 is 2.00 bits per heavy atom. The second-order valence-corrected chi connectivity index (χ2v) is 6.71. The van der Waals surface area contributed by atoms with Crippen LogP contribution in [-0.2, 0) is 4.79 Å². The van der Waals surface area contributed by atoms with Crippen LogP contribution in [0, 0.1) is 11.8 Å². The lowest BCUT2D eigenvalue weighted by atomic mass is 9.85. The van der Waals surface area contributed by atoms with Gasteiger partial charge in [-0.05, 0) is 18.3 Å². The van der Waals surface area contributed by atoms with Gasteiger partial charge in [0.1, 0.15) is 0 Å². The van der Waals surface area contributed by atoms with Crippen LogP contribution in [0.4, 0.5) is 0 Å². The fourth-order valence-electron chi connectivity index (χ4n) is 3.31. The van der Waals surface area contributed by atoms with Crippen LogP contribution >= 0.6 is 24.2 Å². The molecule has 2 aliphatic carbocycles. The number of halogens is 1. The van der Waals surface area contributed by atoms with Crippen molar-refractivity contribution < 1.29 is 4.79 Å². The van der Waals surface area contributed by atoms with Crippen molar-refractivity contribution in [2.24, 2.45) is 11.8 Å². The molecule has 3 rings (SSSR count). The van der Waals surface area contributed by atoms with E-state index < -0.39 is 0 Å². The molecule has 1 heterocycles. The number of hydrogen-bond acceptors (Lipinski definition) is 3. The average Bonchev–Trinajstić information content (AvgIpc) is 2.92. The molecule has 0 aromatic heterocycles. The van der Waals surface area contributed by atoms with Crippen molar-refractivity contribution in [3.63, 3.8) is 0 Å². The predicted molar refractivity (Wildman–Crippen MR) is 78.1 cm³/mol. The van der Waals surface area contributed by atoms with Gasteiger partial charge < -0.3 is 5.32 Å². The van der Waals surface area contributed by atoms with Gasteiger partial charge in [0.15, 0.2) is 0 Å². The van der Waals surface area contributed by atoms with E-state index >= 15 is 0 Å². The summed E-state index contributed by atoms with van der Waals surface area (Å²) in [6, 6.07) is 0.561. The van der Waals surface area contributed by atoms with Crippen LogP contribution in [0.25, 0.3) is 0 Å². The molecule has 3 aliphatic rings. The van der Waals surface area contributed by atoms with Crippen LogP contribution in [0.5, 0.6) is 0 Å². The van der Waals surface area contributed by atoms with Crippen molar-refractivity contribution in [3.8, 4) is 0 Å². The number of nitrogens with one attached hydrogen (secondary N) is 2. The molecule has 5 heteroatoms. The molecule has 0 radical (unpaired) electrons. The Kier molecular flexibility index (Phi) is 5.22. The Balaban J connectivity index is 0.00000120. The van der Waals surface area contributed by atoms with Crippen LogP contribution < -0.4 is 10.6 Å². The van der Waals surface area contributed by atoms with E-state index in [0.29, 0.717) is 6.04 Å². The Bertz CT molecular complexity index is 291. The van der Waals surface area contributed by atoms with Crippen molar-refractivity contribution >= 4 is 30.1 Å². The second-order valence-electron chi connectivity index (χ2n) is 5.68. The van der Waals surface area contributed by atoms with Gasteiger partial charge in [0.2, 0.25) is 5.91 Å². The minimum atomic E-state index is 0. The summed E-state index contributed by atoms with van der Waals surface area (Å²) in [5.74, 6) is 3.80. The Morgan fingerprint density at radius 3 is 2.67 bits per heavy atom. The molecule has 2 saturated carbocycles. The molecular formula is C13H23ClN2OS. The van der Waals surface area contributed by atoms with Gasteiger partial charge in [-0.15, -0.1) is 24.2 Å². The SMILES string of the molecule is Cl.O=C(NC1CC1C1CCCCC1)C1CSCN1. The summed E-state index contributed by atoms with van der Waals surface area (Å²) in [5.41, 5.74) is 0. The van der Waals surface area contributed by atoms with Gasteiger partial charge in [0, 0.05) is 17.7 Å². The van der Waals surface area contributed by atoms with Gasteiger partial charge in [-0.2, -0.15) is 0 Å². The zero-order valence-electron chi connectivity index (χ0n) is 10.7. The lowest BCUT2D eigenvalue weighted by Gasteiger charge is -2.21. The normalized spacial score (nSPS) is 35.9. The quantitative estimate of drug-likeness (QED) is 0.837. The number of carbonyl (C=O) groups excluding carboxylic acids is 1. The van der Waals surface area contributed by atoms with E-state index in [1.54, 1.807) is 0 Å². The fourth-order valence-corrected chi connectivity index (χ4v) is 4.25. The number of rotatable bonds is 3. The third-order valence-corrected chi connectivity index (χ3v) is 5.40. The first kappa shape index (κ1) is 14.5. The molecule has 104 valence electrons. The van der Waals surface area contributed by atoms with Crippen LogP contribution in [0.2, 0.25) is 0 Å². The van der Waals surface area contributed by atoms with E-state index in [0.717, 1.165) is 23.5 Å². The van der Waals surface area contributed by atoms with Crippen LogP contribution in [-0.4, -0.2) is 29.6 Å². The first-order valence-electron chi connectivity index (χ1n) is 6.96. The zero-order chi connectivity index (χ0) is 11.7. The monoisotopic (exact) mass is 290 g/mol. The molecule has 3 atom stereocenters. The van der Waals surface area contributed by atoms with Gasteiger partial charge in [-0.1, -0.05) is 32.1 Å². The Hall–Kier alpha value is 0.0700. The van der Waals surface area contributed by atoms with Gasteiger partial charge >= 0.3 is 0 Å². The van der Waals surface area contributed by atoms with Crippen molar-refractivity contribution in [1.29, 1.82) is 0 Å². The Labute approximate surface area is 120 Å². The molecule has 1 saturated heterocycles. The van der Waals surface area contributed by atoms with Crippen LogP contribution in [0.15, 0.2) is 0 Å². The minimum Gasteiger partial charge on any atom is -0.352 e. The first-order chi connectivity index (χ1) is 8.34. The van der Waals surface area contributed by atoms with E-state index in [-0.39, 0.29) is 24.4 Å². The maximum Gasteiger partial charge on any atom is 0.238 e. The lowest BCUT2D eigenvalue weighted by molar-refractivity contribution is -0.122. The number of hydrogen-bond donors (Lipinski definition) is 2. The van der Waals surface area contributed by atoms with Gasteiger partial charge in [0.25, 0.3) is 0 Å². The molecule has 0 aromatic rings. The maximum absolute atomic E-state index is 11.9. The summed E-state index contributed by atoms with van der Waals surface area (Å²) in [5, 5.41) is 6.46. The molecule has 1 aliphatic heterocycles. The molecule has 1 amide bonds. The van der Waals surface area contributed by atoms with Crippen molar-refractivity contribution in [2.45, 2.75) is 50.6 Å². The third kappa shape index (κ3) is 3.34. The highest BCUT2D eigenvalue weighted by molar-refractivity contribution is 7.99. The van der Waals surface area contributed by atoms with Crippen molar-refractivity contribution in [3.05, 3.63) is 0 Å². The summed E-state index contributed by atoms with van der Waals surface area (Å²) in [4.78, 5) is 11.9. The highest BCUT2D eigenvalue weighted by atomic mass is 35.5. The van der Waals surface area contributed by atoms with E-state index in [9.17, 15) is 4.79 Å². The summed E-state index contributed by atoms with van der Waals surface area (Å²) >= 11 is 1.81. The summed E-state index contributed by atoms with van der Waals surface area (Å²) in [7, 11) is 0. The number of amides is 1. The summed E-state index contributed by atoms with van der Waals surface area (Å²) in [6.45, 7) is 0. The van der Waals surface area contributed by atoms with Crippen LogP contribution in [0.3, 0.4) is 0 Å². The minimum absolute atomic E-state index is 0.